The zero-order chi connectivity index (χ0) is 12.0. The van der Waals surface area contributed by atoms with E-state index < -0.39 is 0 Å². The molecule has 1 heterocycles. The van der Waals surface area contributed by atoms with Crippen LogP contribution in [-0.4, -0.2) is 15.6 Å². The van der Waals surface area contributed by atoms with Crippen LogP contribution in [0.25, 0.3) is 11.0 Å². The van der Waals surface area contributed by atoms with Crippen molar-refractivity contribution in [1.29, 1.82) is 0 Å². The van der Waals surface area contributed by atoms with E-state index in [1.807, 2.05) is 0 Å². The van der Waals surface area contributed by atoms with Crippen LogP contribution in [-0.2, 0) is 0 Å². The summed E-state index contributed by atoms with van der Waals surface area (Å²) in [5, 5.41) is 0. The maximum absolute atomic E-state index is 6.02. The van der Waals surface area contributed by atoms with Crippen LogP contribution >= 0.6 is 12.4 Å². The van der Waals surface area contributed by atoms with E-state index in [0.29, 0.717) is 12.1 Å². The molecule has 0 aliphatic heterocycles. The Labute approximate surface area is 114 Å². The van der Waals surface area contributed by atoms with E-state index in [4.69, 9.17) is 5.73 Å². The van der Waals surface area contributed by atoms with E-state index in [1.165, 1.54) is 17.5 Å². The normalized spacial score (nSPS) is 23.3. The van der Waals surface area contributed by atoms with Gasteiger partial charge in [0.1, 0.15) is 5.82 Å². The molecule has 2 atom stereocenters. The van der Waals surface area contributed by atoms with Crippen molar-refractivity contribution in [3.05, 3.63) is 29.6 Å². The lowest BCUT2D eigenvalue weighted by atomic mass is 10.2. The summed E-state index contributed by atoms with van der Waals surface area (Å²) in [7, 11) is 0. The highest BCUT2D eigenvalue weighted by atomic mass is 35.5. The summed E-state index contributed by atoms with van der Waals surface area (Å²) in [6.07, 6.45) is 3.40. The van der Waals surface area contributed by atoms with Crippen molar-refractivity contribution in [1.82, 2.24) is 9.55 Å². The zero-order valence-corrected chi connectivity index (χ0v) is 11.7. The minimum Gasteiger partial charge on any atom is -0.328 e. The van der Waals surface area contributed by atoms with E-state index >= 15 is 0 Å². The quantitative estimate of drug-likeness (QED) is 0.861. The van der Waals surface area contributed by atoms with Crippen molar-refractivity contribution < 1.29 is 0 Å². The summed E-state index contributed by atoms with van der Waals surface area (Å²) in [6, 6.07) is 7.41. The topological polar surface area (TPSA) is 43.8 Å². The molecule has 18 heavy (non-hydrogen) atoms. The van der Waals surface area contributed by atoms with Crippen LogP contribution in [0.5, 0.6) is 0 Å². The molecule has 0 amide bonds. The lowest BCUT2D eigenvalue weighted by Crippen LogP contribution is -2.16. The Morgan fingerprint density at radius 1 is 1.28 bits per heavy atom. The van der Waals surface area contributed by atoms with Crippen LogP contribution in [0, 0.1) is 13.8 Å². The Hall–Kier alpha value is -1.06. The molecule has 0 radical (unpaired) electrons. The van der Waals surface area contributed by atoms with Gasteiger partial charge in [0.05, 0.1) is 11.0 Å². The van der Waals surface area contributed by atoms with Crippen molar-refractivity contribution >= 4 is 23.4 Å². The van der Waals surface area contributed by atoms with Crippen molar-refractivity contribution in [2.45, 2.75) is 45.2 Å². The number of nitrogens with two attached hydrogens (primary N) is 1. The third kappa shape index (κ3) is 2.13. The lowest BCUT2D eigenvalue weighted by molar-refractivity contribution is 0.511. The average molecular weight is 266 g/mol. The number of fused-ring (bicyclic) bond motifs is 1. The number of hydrogen-bond donors (Lipinski definition) is 1. The molecule has 1 fully saturated rings. The highest BCUT2D eigenvalue weighted by Crippen LogP contribution is 2.33. The van der Waals surface area contributed by atoms with Crippen LogP contribution in [0.1, 0.15) is 36.7 Å². The van der Waals surface area contributed by atoms with Gasteiger partial charge in [-0.2, -0.15) is 0 Å². The van der Waals surface area contributed by atoms with Gasteiger partial charge < -0.3 is 10.3 Å². The van der Waals surface area contributed by atoms with Crippen molar-refractivity contribution in [3.63, 3.8) is 0 Å². The summed E-state index contributed by atoms with van der Waals surface area (Å²) in [5.41, 5.74) is 9.66. The first-order valence-corrected chi connectivity index (χ1v) is 6.36. The van der Waals surface area contributed by atoms with Gasteiger partial charge in [0, 0.05) is 12.1 Å². The molecule has 2 N–H and O–H groups in total. The summed E-state index contributed by atoms with van der Waals surface area (Å²) in [6.45, 7) is 4.21. The number of hydrogen-bond acceptors (Lipinski definition) is 2. The maximum Gasteiger partial charge on any atom is 0.106 e. The number of imidazole rings is 1. The Morgan fingerprint density at radius 3 is 2.72 bits per heavy atom. The van der Waals surface area contributed by atoms with Gasteiger partial charge in [-0.15, -0.1) is 12.4 Å². The first-order valence-electron chi connectivity index (χ1n) is 6.36. The predicted octanol–water partition coefficient (Wildman–Crippen LogP) is 3.13. The van der Waals surface area contributed by atoms with E-state index in [1.54, 1.807) is 0 Å². The summed E-state index contributed by atoms with van der Waals surface area (Å²) < 4.78 is 2.38. The second kappa shape index (κ2) is 4.90. The largest absolute Gasteiger partial charge is 0.328 e. The SMILES string of the molecule is Cc1ccc2c(c1)nc(C)n2[C@@H]1CC[C@H](N)C1.Cl. The van der Waals surface area contributed by atoms with E-state index in [-0.39, 0.29) is 12.4 Å². The molecule has 3 rings (SSSR count). The molecule has 1 aliphatic rings. The summed E-state index contributed by atoms with van der Waals surface area (Å²) in [4.78, 5) is 4.67. The van der Waals surface area contributed by atoms with Gasteiger partial charge in [0.25, 0.3) is 0 Å². The van der Waals surface area contributed by atoms with Crippen LogP contribution in [0.15, 0.2) is 18.2 Å². The van der Waals surface area contributed by atoms with Gasteiger partial charge in [-0.3, -0.25) is 0 Å². The van der Waals surface area contributed by atoms with Gasteiger partial charge >= 0.3 is 0 Å². The molecule has 0 spiro atoms. The fourth-order valence-corrected chi connectivity index (χ4v) is 3.02. The average Bonchev–Trinajstić information content (AvgIpc) is 2.80. The Kier molecular flexibility index (Phi) is 3.64. The molecular formula is C14H20ClN3. The molecule has 98 valence electrons. The number of rotatable bonds is 1. The molecule has 1 aromatic heterocycles. The molecular weight excluding hydrogens is 246 g/mol. The highest BCUT2D eigenvalue weighted by molar-refractivity contribution is 5.85. The smallest absolute Gasteiger partial charge is 0.106 e. The fraction of sp³-hybridized carbons (Fsp3) is 0.500. The van der Waals surface area contributed by atoms with Crippen LogP contribution in [0.3, 0.4) is 0 Å². The Morgan fingerprint density at radius 2 is 2.06 bits per heavy atom. The lowest BCUT2D eigenvalue weighted by Gasteiger charge is -2.15. The van der Waals surface area contributed by atoms with Crippen molar-refractivity contribution in [2.75, 3.05) is 0 Å². The van der Waals surface area contributed by atoms with Crippen molar-refractivity contribution in [3.8, 4) is 0 Å². The molecule has 2 aromatic rings. The number of nitrogens with zero attached hydrogens (tertiary/aromatic N) is 2. The number of aromatic nitrogens is 2. The predicted molar refractivity (Wildman–Crippen MR) is 77.3 cm³/mol. The van der Waals surface area contributed by atoms with Gasteiger partial charge in [-0.1, -0.05) is 6.07 Å². The number of halogens is 1. The van der Waals surface area contributed by atoms with Crippen LogP contribution < -0.4 is 5.73 Å². The third-order valence-corrected chi connectivity index (χ3v) is 3.83. The maximum atomic E-state index is 6.02. The minimum absolute atomic E-state index is 0. The van der Waals surface area contributed by atoms with Crippen LogP contribution in [0.4, 0.5) is 0 Å². The molecule has 1 saturated carbocycles. The van der Waals surface area contributed by atoms with Crippen molar-refractivity contribution in [2.24, 2.45) is 5.73 Å². The standard InChI is InChI=1S/C14H19N3.ClH/c1-9-3-6-14-13(7-9)16-10(2)17(14)12-5-4-11(15)8-12;/h3,6-7,11-12H,4-5,8,15H2,1-2H3;1H/t11-,12+;/m0./s1. The van der Waals surface area contributed by atoms with Gasteiger partial charge in [0.15, 0.2) is 0 Å². The minimum atomic E-state index is 0. The van der Waals surface area contributed by atoms with E-state index in [2.05, 4.69) is 41.6 Å². The Bertz CT molecular complexity index is 561. The highest BCUT2D eigenvalue weighted by Gasteiger charge is 2.25. The number of aryl methyl sites for hydroxylation is 2. The second-order valence-corrected chi connectivity index (χ2v) is 5.25. The van der Waals surface area contributed by atoms with Gasteiger partial charge in [-0.05, 0) is 50.8 Å². The van der Waals surface area contributed by atoms with Gasteiger partial charge in [0.2, 0.25) is 0 Å². The molecule has 1 aromatic carbocycles. The monoisotopic (exact) mass is 265 g/mol. The van der Waals surface area contributed by atoms with Gasteiger partial charge in [-0.25, -0.2) is 4.98 Å². The number of benzene rings is 1. The fourth-order valence-electron chi connectivity index (χ4n) is 3.02. The van der Waals surface area contributed by atoms with Crippen LogP contribution in [0.2, 0.25) is 0 Å². The molecule has 3 nitrogen and oxygen atoms in total. The molecule has 4 heteroatoms. The summed E-state index contributed by atoms with van der Waals surface area (Å²) in [5.74, 6) is 1.12. The van der Waals surface area contributed by atoms with E-state index in [0.717, 1.165) is 24.2 Å². The molecule has 1 aliphatic carbocycles. The molecule has 0 unspecified atom stereocenters. The third-order valence-electron chi connectivity index (χ3n) is 3.83. The first kappa shape index (κ1) is 13.4. The molecule has 0 saturated heterocycles. The zero-order valence-electron chi connectivity index (χ0n) is 10.9. The first-order chi connectivity index (χ1) is 8.15. The molecule has 0 bridgehead atoms. The summed E-state index contributed by atoms with van der Waals surface area (Å²) >= 11 is 0. The van der Waals surface area contributed by atoms with E-state index in [9.17, 15) is 0 Å². The second-order valence-electron chi connectivity index (χ2n) is 5.25. The Balaban J connectivity index is 0.00000120.